The van der Waals surface area contributed by atoms with Crippen LogP contribution in [0.5, 0.6) is 0 Å². The van der Waals surface area contributed by atoms with Gasteiger partial charge in [0, 0.05) is 50.2 Å². The summed E-state index contributed by atoms with van der Waals surface area (Å²) in [5.74, 6) is -0.380. The van der Waals surface area contributed by atoms with E-state index in [9.17, 15) is 9.90 Å². The van der Waals surface area contributed by atoms with Crippen molar-refractivity contribution in [2.45, 2.75) is 63.0 Å². The standard InChI is InChI=1S/C29H39FN2O3/c1-35-18-6-5-16-29(34,25-12-7-13-26(30)27(25)21-9-3-2-4-10-21)23-11-8-17-32(20-23)28(33)22-14-15-24(31)19-22/h2-4,7,9-10,12-13,22-24,34H,5-6,8,11,14-20,31H2,1H3/t22-,23?,24+,29+/m1/s1. The number of rotatable bonds is 9. The van der Waals surface area contributed by atoms with Crippen LogP contribution in [-0.2, 0) is 15.1 Å². The second-order valence-corrected chi connectivity index (χ2v) is 10.3. The van der Waals surface area contributed by atoms with Crippen LogP contribution >= 0.6 is 0 Å². The second kappa shape index (κ2) is 11.6. The largest absolute Gasteiger partial charge is 0.385 e. The minimum atomic E-state index is -1.26. The molecule has 2 aromatic carbocycles. The molecule has 35 heavy (non-hydrogen) atoms. The molecule has 2 aromatic rings. The van der Waals surface area contributed by atoms with Crippen molar-refractivity contribution in [3.05, 3.63) is 59.9 Å². The molecule has 1 saturated heterocycles. The summed E-state index contributed by atoms with van der Waals surface area (Å²) in [6, 6.07) is 14.5. The van der Waals surface area contributed by atoms with Gasteiger partial charge < -0.3 is 20.5 Å². The van der Waals surface area contributed by atoms with E-state index >= 15 is 4.39 Å². The van der Waals surface area contributed by atoms with Crippen molar-refractivity contribution >= 4 is 5.91 Å². The number of amides is 1. The molecule has 6 heteroatoms. The molecule has 1 heterocycles. The zero-order valence-corrected chi connectivity index (χ0v) is 20.8. The number of carbonyl (C=O) groups excluding carboxylic acids is 1. The summed E-state index contributed by atoms with van der Waals surface area (Å²) in [6.07, 6.45) is 6.13. The van der Waals surface area contributed by atoms with E-state index < -0.39 is 5.60 Å². The summed E-state index contributed by atoms with van der Waals surface area (Å²) >= 11 is 0. The molecule has 2 aliphatic rings. The summed E-state index contributed by atoms with van der Waals surface area (Å²) in [5.41, 5.74) is 6.63. The van der Waals surface area contributed by atoms with Gasteiger partial charge in [0.2, 0.25) is 5.91 Å². The normalized spacial score (nSPS) is 24.3. The quantitative estimate of drug-likeness (QED) is 0.501. The number of ether oxygens (including phenoxy) is 1. The van der Waals surface area contributed by atoms with Crippen LogP contribution in [0.4, 0.5) is 4.39 Å². The maximum absolute atomic E-state index is 15.3. The minimum absolute atomic E-state index is 0.0207. The Morgan fingerprint density at radius 1 is 1.14 bits per heavy atom. The maximum atomic E-state index is 15.3. The van der Waals surface area contributed by atoms with Crippen LogP contribution in [0.1, 0.15) is 56.9 Å². The number of methoxy groups -OCH3 is 1. The molecule has 0 radical (unpaired) electrons. The van der Waals surface area contributed by atoms with Gasteiger partial charge in [0.05, 0.1) is 5.60 Å². The third-order valence-corrected chi connectivity index (χ3v) is 7.93. The van der Waals surface area contributed by atoms with Crippen LogP contribution in [0.2, 0.25) is 0 Å². The lowest BCUT2D eigenvalue weighted by Crippen LogP contribution is -2.49. The number of piperidine rings is 1. The third-order valence-electron chi connectivity index (χ3n) is 7.93. The van der Waals surface area contributed by atoms with Crippen molar-refractivity contribution in [2.24, 2.45) is 17.6 Å². The number of nitrogens with two attached hydrogens (primary N) is 1. The summed E-state index contributed by atoms with van der Waals surface area (Å²) in [7, 11) is 1.67. The molecule has 1 saturated carbocycles. The zero-order chi connectivity index (χ0) is 24.8. The van der Waals surface area contributed by atoms with E-state index in [4.69, 9.17) is 10.5 Å². The van der Waals surface area contributed by atoms with E-state index in [1.54, 1.807) is 13.2 Å². The number of hydrogen-bond donors (Lipinski definition) is 2. The van der Waals surface area contributed by atoms with Crippen molar-refractivity contribution in [1.29, 1.82) is 0 Å². The molecule has 5 nitrogen and oxygen atoms in total. The predicted octanol–water partition coefficient (Wildman–Crippen LogP) is 4.86. The number of unbranched alkanes of at least 4 members (excludes halogenated alkanes) is 1. The maximum Gasteiger partial charge on any atom is 0.225 e. The third kappa shape index (κ3) is 5.76. The van der Waals surface area contributed by atoms with Gasteiger partial charge in [0.15, 0.2) is 0 Å². The van der Waals surface area contributed by atoms with Crippen molar-refractivity contribution in [3.8, 4) is 11.1 Å². The highest BCUT2D eigenvalue weighted by atomic mass is 19.1. The van der Waals surface area contributed by atoms with Gasteiger partial charge >= 0.3 is 0 Å². The molecule has 3 N–H and O–H groups in total. The van der Waals surface area contributed by atoms with Crippen LogP contribution in [0.3, 0.4) is 0 Å². The van der Waals surface area contributed by atoms with E-state index in [0.717, 1.165) is 50.5 Å². The van der Waals surface area contributed by atoms with Gasteiger partial charge in [-0.3, -0.25) is 4.79 Å². The molecular formula is C29H39FN2O3. The monoisotopic (exact) mass is 482 g/mol. The number of aliphatic hydroxyl groups is 1. The highest BCUT2D eigenvalue weighted by Crippen LogP contribution is 2.44. The molecule has 0 aromatic heterocycles. The Hall–Kier alpha value is -2.28. The molecule has 0 spiro atoms. The van der Waals surface area contributed by atoms with Crippen molar-refractivity contribution in [1.82, 2.24) is 4.90 Å². The number of likely N-dealkylation sites (tertiary alicyclic amines) is 1. The molecule has 1 aliphatic heterocycles. The fraction of sp³-hybridized carbons (Fsp3) is 0.552. The molecule has 4 rings (SSSR count). The Morgan fingerprint density at radius 2 is 1.94 bits per heavy atom. The molecule has 2 fully saturated rings. The van der Waals surface area contributed by atoms with Crippen LogP contribution in [-0.4, -0.2) is 48.8 Å². The number of benzene rings is 2. The first-order valence-electron chi connectivity index (χ1n) is 13.0. The first-order chi connectivity index (χ1) is 16.9. The number of hydrogen-bond acceptors (Lipinski definition) is 4. The van der Waals surface area contributed by atoms with Crippen molar-refractivity contribution in [3.63, 3.8) is 0 Å². The number of carbonyl (C=O) groups is 1. The fourth-order valence-corrected chi connectivity index (χ4v) is 6.05. The Labute approximate surface area is 208 Å². The Balaban J connectivity index is 1.67. The second-order valence-electron chi connectivity index (χ2n) is 10.3. The van der Waals surface area contributed by atoms with Gasteiger partial charge in [-0.2, -0.15) is 0 Å². The fourth-order valence-electron chi connectivity index (χ4n) is 6.05. The summed E-state index contributed by atoms with van der Waals surface area (Å²) < 4.78 is 20.5. The molecule has 4 atom stereocenters. The predicted molar refractivity (Wildman–Crippen MR) is 136 cm³/mol. The highest BCUT2D eigenvalue weighted by Gasteiger charge is 2.44. The lowest BCUT2D eigenvalue weighted by atomic mass is 9.72. The SMILES string of the molecule is COCCCC[C@@](O)(c1cccc(F)c1-c1ccccc1)C1CCCN(C(=O)[C@@H]2CC[C@H](N)C2)C1. The Bertz CT molecular complexity index is 985. The molecule has 190 valence electrons. The lowest BCUT2D eigenvalue weighted by molar-refractivity contribution is -0.140. The van der Waals surface area contributed by atoms with Gasteiger partial charge in [-0.25, -0.2) is 4.39 Å². The molecular weight excluding hydrogens is 443 g/mol. The average Bonchev–Trinajstić information content (AvgIpc) is 3.32. The van der Waals surface area contributed by atoms with Crippen LogP contribution in [0.15, 0.2) is 48.5 Å². The van der Waals surface area contributed by atoms with Crippen LogP contribution in [0.25, 0.3) is 11.1 Å². The van der Waals surface area contributed by atoms with E-state index in [1.165, 1.54) is 6.07 Å². The first kappa shape index (κ1) is 25.8. The summed E-state index contributed by atoms with van der Waals surface area (Å²) in [6.45, 7) is 1.80. The number of halogens is 1. The van der Waals surface area contributed by atoms with Gasteiger partial charge in [-0.1, -0.05) is 42.5 Å². The molecule has 1 unspecified atom stereocenters. The average molecular weight is 483 g/mol. The van der Waals surface area contributed by atoms with Gasteiger partial charge in [-0.15, -0.1) is 0 Å². The molecule has 0 bridgehead atoms. The van der Waals surface area contributed by atoms with E-state index in [2.05, 4.69) is 0 Å². The van der Waals surface area contributed by atoms with Crippen LogP contribution in [0, 0.1) is 17.7 Å². The first-order valence-corrected chi connectivity index (χ1v) is 13.0. The molecule has 1 aliphatic carbocycles. The minimum Gasteiger partial charge on any atom is -0.385 e. The van der Waals surface area contributed by atoms with E-state index in [0.29, 0.717) is 37.2 Å². The van der Waals surface area contributed by atoms with Crippen molar-refractivity contribution < 1.29 is 19.0 Å². The van der Waals surface area contributed by atoms with Gasteiger partial charge in [0.25, 0.3) is 0 Å². The Morgan fingerprint density at radius 3 is 2.66 bits per heavy atom. The van der Waals surface area contributed by atoms with Gasteiger partial charge in [-0.05, 0) is 68.6 Å². The Kier molecular flexibility index (Phi) is 8.58. The lowest BCUT2D eigenvalue weighted by Gasteiger charge is -2.44. The van der Waals surface area contributed by atoms with E-state index in [1.807, 2.05) is 41.3 Å². The summed E-state index contributed by atoms with van der Waals surface area (Å²) in [5, 5.41) is 12.4. The smallest absolute Gasteiger partial charge is 0.225 e. The van der Waals surface area contributed by atoms with Gasteiger partial charge in [0.1, 0.15) is 5.82 Å². The highest BCUT2D eigenvalue weighted by molar-refractivity contribution is 5.79. The van der Waals surface area contributed by atoms with Crippen LogP contribution < -0.4 is 5.73 Å². The summed E-state index contributed by atoms with van der Waals surface area (Å²) in [4.78, 5) is 15.2. The number of nitrogens with zero attached hydrogens (tertiary/aromatic N) is 1. The van der Waals surface area contributed by atoms with E-state index in [-0.39, 0.29) is 29.6 Å². The van der Waals surface area contributed by atoms with Crippen molar-refractivity contribution in [2.75, 3.05) is 26.8 Å². The zero-order valence-electron chi connectivity index (χ0n) is 20.8. The molecule has 1 amide bonds. The topological polar surface area (TPSA) is 75.8 Å².